The normalized spacial score (nSPS) is 12.1. The van der Waals surface area contributed by atoms with Crippen molar-refractivity contribution in [2.75, 3.05) is 5.32 Å². The van der Waals surface area contributed by atoms with Crippen LogP contribution in [0.25, 0.3) is 11.1 Å². The maximum atomic E-state index is 4.08. The van der Waals surface area contributed by atoms with Crippen LogP contribution in [0.4, 0.5) is 5.69 Å². The van der Waals surface area contributed by atoms with E-state index >= 15 is 0 Å². The Kier molecular flexibility index (Phi) is 4.81. The summed E-state index contributed by atoms with van der Waals surface area (Å²) in [6.07, 6.45) is 0.948. The van der Waals surface area contributed by atoms with Crippen molar-refractivity contribution in [3.05, 3.63) is 161 Å². The highest BCUT2D eigenvalue weighted by Gasteiger charge is 2.37. The monoisotopic (exact) mass is 423 g/mol. The molecule has 0 spiro atoms. The van der Waals surface area contributed by atoms with E-state index < -0.39 is 5.54 Å². The van der Waals surface area contributed by atoms with Gasteiger partial charge < -0.3 is 5.32 Å². The van der Waals surface area contributed by atoms with Crippen LogP contribution in [0.2, 0.25) is 0 Å². The van der Waals surface area contributed by atoms with Crippen molar-refractivity contribution in [1.29, 1.82) is 0 Å². The van der Waals surface area contributed by atoms with E-state index in [4.69, 9.17) is 0 Å². The highest BCUT2D eigenvalue weighted by molar-refractivity contribution is 5.82. The minimum absolute atomic E-state index is 0.520. The Morgan fingerprint density at radius 3 is 1.52 bits per heavy atom. The Morgan fingerprint density at radius 1 is 0.455 bits per heavy atom. The van der Waals surface area contributed by atoms with E-state index in [0.29, 0.717) is 0 Å². The third-order valence-corrected chi connectivity index (χ3v) is 6.79. The molecule has 6 rings (SSSR count). The van der Waals surface area contributed by atoms with Crippen molar-refractivity contribution in [2.24, 2.45) is 0 Å². The standard InChI is InChI=1S/C32H25N/c1-4-14-25(15-5-1)32(26-16-6-2-7-17-26,27-18-8-3-9-19-27)33-31-22-12-21-29-28-20-11-10-13-24(28)23-30(29)31/h1-22,33H,23H2. The molecular weight excluding hydrogens is 398 g/mol. The maximum Gasteiger partial charge on any atom is 0.114 e. The summed E-state index contributed by atoms with van der Waals surface area (Å²) in [5.74, 6) is 0. The molecule has 1 aliphatic carbocycles. The third kappa shape index (κ3) is 3.25. The molecule has 0 fully saturated rings. The highest BCUT2D eigenvalue weighted by atomic mass is 15.0. The van der Waals surface area contributed by atoms with Gasteiger partial charge in [0, 0.05) is 12.1 Å². The Hall–Kier alpha value is -4.10. The number of hydrogen-bond donors (Lipinski definition) is 1. The van der Waals surface area contributed by atoms with Gasteiger partial charge in [0.15, 0.2) is 0 Å². The van der Waals surface area contributed by atoms with Crippen molar-refractivity contribution in [3.63, 3.8) is 0 Å². The topological polar surface area (TPSA) is 12.0 Å². The van der Waals surface area contributed by atoms with Crippen LogP contribution < -0.4 is 5.32 Å². The number of nitrogens with one attached hydrogen (secondary N) is 1. The van der Waals surface area contributed by atoms with Gasteiger partial charge in [0.05, 0.1) is 0 Å². The number of benzene rings is 5. The van der Waals surface area contributed by atoms with E-state index in [-0.39, 0.29) is 0 Å². The van der Waals surface area contributed by atoms with Gasteiger partial charge in [-0.15, -0.1) is 0 Å². The van der Waals surface area contributed by atoms with Crippen LogP contribution in [0, 0.1) is 0 Å². The molecule has 0 aromatic heterocycles. The zero-order valence-corrected chi connectivity index (χ0v) is 18.4. The summed E-state index contributed by atoms with van der Waals surface area (Å²) in [6.45, 7) is 0. The van der Waals surface area contributed by atoms with E-state index in [9.17, 15) is 0 Å². The van der Waals surface area contributed by atoms with Crippen molar-refractivity contribution in [2.45, 2.75) is 12.0 Å². The van der Waals surface area contributed by atoms with Crippen LogP contribution in [0.3, 0.4) is 0 Å². The predicted molar refractivity (Wildman–Crippen MR) is 138 cm³/mol. The average molecular weight is 424 g/mol. The first-order valence-electron chi connectivity index (χ1n) is 11.5. The molecule has 0 radical (unpaired) electrons. The molecule has 1 aliphatic rings. The second kappa shape index (κ2) is 8.11. The fraction of sp³-hybridized carbons (Fsp3) is 0.0625. The Balaban J connectivity index is 1.60. The first kappa shape index (κ1) is 19.6. The van der Waals surface area contributed by atoms with Crippen LogP contribution in [-0.2, 0) is 12.0 Å². The van der Waals surface area contributed by atoms with Gasteiger partial charge in [-0.05, 0) is 45.0 Å². The average Bonchev–Trinajstić information content (AvgIpc) is 3.28. The smallest absolute Gasteiger partial charge is 0.114 e. The molecule has 1 N–H and O–H groups in total. The van der Waals surface area contributed by atoms with Gasteiger partial charge in [-0.3, -0.25) is 0 Å². The Labute approximate surface area is 195 Å². The van der Waals surface area contributed by atoms with E-state index in [1.54, 1.807) is 0 Å². The van der Waals surface area contributed by atoms with E-state index in [0.717, 1.165) is 6.42 Å². The summed E-state index contributed by atoms with van der Waals surface area (Å²) >= 11 is 0. The number of rotatable bonds is 5. The highest BCUT2D eigenvalue weighted by Crippen LogP contribution is 2.45. The summed E-state index contributed by atoms with van der Waals surface area (Å²) in [5.41, 5.74) is 9.76. The van der Waals surface area contributed by atoms with Crippen LogP contribution >= 0.6 is 0 Å². The van der Waals surface area contributed by atoms with Crippen LogP contribution in [-0.4, -0.2) is 0 Å². The van der Waals surface area contributed by atoms with Crippen molar-refractivity contribution < 1.29 is 0 Å². The zero-order valence-electron chi connectivity index (χ0n) is 18.4. The molecule has 1 heteroatoms. The maximum absolute atomic E-state index is 4.08. The molecule has 0 unspecified atom stereocenters. The molecule has 5 aromatic carbocycles. The Morgan fingerprint density at radius 2 is 0.939 bits per heavy atom. The summed E-state index contributed by atoms with van der Waals surface area (Å²) in [4.78, 5) is 0. The van der Waals surface area contributed by atoms with Gasteiger partial charge in [-0.2, -0.15) is 0 Å². The first-order chi connectivity index (χ1) is 16.4. The fourth-order valence-electron chi connectivity index (χ4n) is 5.26. The number of anilines is 1. The number of hydrogen-bond acceptors (Lipinski definition) is 1. The molecule has 0 heterocycles. The molecule has 0 bridgehead atoms. The number of fused-ring (bicyclic) bond motifs is 3. The van der Waals surface area contributed by atoms with Gasteiger partial charge in [0.25, 0.3) is 0 Å². The predicted octanol–water partition coefficient (Wildman–Crippen LogP) is 7.66. The van der Waals surface area contributed by atoms with Crippen molar-refractivity contribution >= 4 is 5.69 Å². The molecule has 158 valence electrons. The van der Waals surface area contributed by atoms with Gasteiger partial charge in [-0.25, -0.2) is 0 Å². The zero-order chi connectivity index (χ0) is 22.1. The summed E-state index contributed by atoms with van der Waals surface area (Å²) in [7, 11) is 0. The quantitative estimate of drug-likeness (QED) is 0.281. The lowest BCUT2D eigenvalue weighted by molar-refractivity contribution is 0.710. The minimum atomic E-state index is -0.520. The van der Waals surface area contributed by atoms with Gasteiger partial charge >= 0.3 is 0 Å². The lowest BCUT2D eigenvalue weighted by Gasteiger charge is -2.38. The van der Waals surface area contributed by atoms with E-state index in [1.165, 1.54) is 44.6 Å². The van der Waals surface area contributed by atoms with Crippen molar-refractivity contribution in [1.82, 2.24) is 0 Å². The van der Waals surface area contributed by atoms with E-state index in [1.807, 2.05) is 0 Å². The van der Waals surface area contributed by atoms with Gasteiger partial charge in [-0.1, -0.05) is 127 Å². The Bertz CT molecular complexity index is 1290. The van der Waals surface area contributed by atoms with Crippen LogP contribution in [0.1, 0.15) is 27.8 Å². The largest absolute Gasteiger partial charge is 0.368 e. The second-order valence-corrected chi connectivity index (χ2v) is 8.64. The molecular formula is C32H25N. The summed E-state index contributed by atoms with van der Waals surface area (Å²) < 4.78 is 0. The fourth-order valence-corrected chi connectivity index (χ4v) is 5.26. The molecule has 33 heavy (non-hydrogen) atoms. The SMILES string of the molecule is c1ccc(C(Nc2cccc3c2Cc2ccccc2-3)(c2ccccc2)c2ccccc2)cc1. The molecule has 0 amide bonds. The summed E-state index contributed by atoms with van der Waals surface area (Å²) in [6, 6.07) is 47.8. The lowest BCUT2D eigenvalue weighted by atomic mass is 9.76. The van der Waals surface area contributed by atoms with Crippen LogP contribution in [0.15, 0.2) is 133 Å². The minimum Gasteiger partial charge on any atom is -0.368 e. The molecule has 1 nitrogen and oxygen atoms in total. The van der Waals surface area contributed by atoms with Crippen molar-refractivity contribution in [3.8, 4) is 11.1 Å². The van der Waals surface area contributed by atoms with Gasteiger partial charge in [0.1, 0.15) is 5.54 Å². The lowest BCUT2D eigenvalue weighted by Crippen LogP contribution is -2.38. The second-order valence-electron chi connectivity index (χ2n) is 8.64. The molecule has 0 saturated carbocycles. The molecule has 0 aliphatic heterocycles. The molecule has 5 aromatic rings. The molecule has 0 saturated heterocycles. The first-order valence-corrected chi connectivity index (χ1v) is 11.5. The third-order valence-electron chi connectivity index (χ3n) is 6.79. The van der Waals surface area contributed by atoms with Gasteiger partial charge in [0.2, 0.25) is 0 Å². The van der Waals surface area contributed by atoms with Crippen LogP contribution in [0.5, 0.6) is 0 Å². The van der Waals surface area contributed by atoms with E-state index in [2.05, 4.69) is 139 Å². The molecule has 0 atom stereocenters. The summed E-state index contributed by atoms with van der Waals surface area (Å²) in [5, 5.41) is 4.08.